The SMILES string of the molecule is CCCCCCCCCCCCNC(=O)c1ccc(CN(CC2CCN(C(=O)OC(C)(C)C)CC2)C(=O)C(=O)O)cc1. The predicted octanol–water partition coefficient (Wildman–Crippen LogP) is 6.40. The molecule has 9 heteroatoms. The van der Waals surface area contributed by atoms with Crippen LogP contribution in [0.2, 0.25) is 0 Å². The van der Waals surface area contributed by atoms with Gasteiger partial charge in [0, 0.05) is 38.3 Å². The molecule has 0 bridgehead atoms. The summed E-state index contributed by atoms with van der Waals surface area (Å²) in [6.45, 7) is 9.77. The van der Waals surface area contributed by atoms with Crippen molar-refractivity contribution in [2.24, 2.45) is 5.92 Å². The first-order chi connectivity index (χ1) is 20.0. The second kappa shape index (κ2) is 18.4. The summed E-state index contributed by atoms with van der Waals surface area (Å²) in [6.07, 6.45) is 13.4. The fourth-order valence-corrected chi connectivity index (χ4v) is 5.19. The number of carboxylic acids is 1. The van der Waals surface area contributed by atoms with Crippen LogP contribution in [-0.2, 0) is 20.9 Å². The molecule has 0 atom stereocenters. The molecule has 3 amide bonds. The number of unbranched alkanes of at least 4 members (excludes halogenated alkanes) is 9. The molecule has 1 fully saturated rings. The van der Waals surface area contributed by atoms with Gasteiger partial charge in [0.15, 0.2) is 0 Å². The summed E-state index contributed by atoms with van der Waals surface area (Å²) in [4.78, 5) is 51.9. The summed E-state index contributed by atoms with van der Waals surface area (Å²) < 4.78 is 5.44. The lowest BCUT2D eigenvalue weighted by atomic mass is 9.96. The smallest absolute Gasteiger partial charge is 0.410 e. The number of nitrogens with one attached hydrogen (secondary N) is 1. The minimum Gasteiger partial charge on any atom is -0.474 e. The van der Waals surface area contributed by atoms with Crippen molar-refractivity contribution in [3.05, 3.63) is 35.4 Å². The number of likely N-dealkylation sites (tertiary alicyclic amines) is 1. The van der Waals surface area contributed by atoms with E-state index >= 15 is 0 Å². The van der Waals surface area contributed by atoms with Crippen LogP contribution in [0.15, 0.2) is 24.3 Å². The van der Waals surface area contributed by atoms with Gasteiger partial charge in [0.05, 0.1) is 0 Å². The number of benzene rings is 1. The van der Waals surface area contributed by atoms with E-state index in [9.17, 15) is 24.3 Å². The van der Waals surface area contributed by atoms with Crippen molar-refractivity contribution in [2.45, 2.75) is 117 Å². The summed E-state index contributed by atoms with van der Waals surface area (Å²) in [6, 6.07) is 6.96. The predicted molar refractivity (Wildman–Crippen MR) is 164 cm³/mol. The van der Waals surface area contributed by atoms with Crippen molar-refractivity contribution in [2.75, 3.05) is 26.2 Å². The van der Waals surface area contributed by atoms with E-state index in [4.69, 9.17) is 4.74 Å². The molecule has 9 nitrogen and oxygen atoms in total. The van der Waals surface area contributed by atoms with Gasteiger partial charge in [0.25, 0.3) is 5.91 Å². The third kappa shape index (κ3) is 13.7. The van der Waals surface area contributed by atoms with Crippen LogP contribution in [0.4, 0.5) is 4.79 Å². The van der Waals surface area contributed by atoms with Crippen molar-refractivity contribution in [3.63, 3.8) is 0 Å². The molecular formula is C33H53N3O6. The Balaban J connectivity index is 1.76. The van der Waals surface area contributed by atoms with Crippen molar-refractivity contribution in [1.82, 2.24) is 15.1 Å². The van der Waals surface area contributed by atoms with Crippen LogP contribution in [0.5, 0.6) is 0 Å². The minimum absolute atomic E-state index is 0.0721. The highest BCUT2D eigenvalue weighted by atomic mass is 16.6. The molecule has 1 saturated heterocycles. The monoisotopic (exact) mass is 587 g/mol. The molecule has 0 aliphatic carbocycles. The Kier molecular flexibility index (Phi) is 15.4. The van der Waals surface area contributed by atoms with Crippen LogP contribution in [-0.4, -0.2) is 70.6 Å². The number of piperidine rings is 1. The van der Waals surface area contributed by atoms with Gasteiger partial charge < -0.3 is 25.0 Å². The van der Waals surface area contributed by atoms with Gasteiger partial charge in [-0.15, -0.1) is 0 Å². The van der Waals surface area contributed by atoms with E-state index in [1.54, 1.807) is 29.2 Å². The van der Waals surface area contributed by atoms with E-state index in [1.807, 2.05) is 20.8 Å². The Hall–Kier alpha value is -3.10. The molecule has 236 valence electrons. The van der Waals surface area contributed by atoms with Crippen LogP contribution in [0, 0.1) is 5.92 Å². The summed E-state index contributed by atoms with van der Waals surface area (Å²) >= 11 is 0. The number of carbonyl (C=O) groups is 4. The summed E-state index contributed by atoms with van der Waals surface area (Å²) in [7, 11) is 0. The number of hydrogen-bond acceptors (Lipinski definition) is 5. The number of carbonyl (C=O) groups excluding carboxylic acids is 3. The zero-order valence-electron chi connectivity index (χ0n) is 26.3. The molecule has 42 heavy (non-hydrogen) atoms. The first kappa shape index (κ1) is 35.1. The largest absolute Gasteiger partial charge is 0.474 e. The summed E-state index contributed by atoms with van der Waals surface area (Å²) in [5.74, 6) is -2.51. The van der Waals surface area contributed by atoms with Crippen LogP contribution in [0.25, 0.3) is 0 Å². The zero-order chi connectivity index (χ0) is 31.0. The van der Waals surface area contributed by atoms with E-state index in [-0.39, 0.29) is 31.0 Å². The molecule has 2 rings (SSSR count). The Bertz CT molecular complexity index is 980. The molecule has 0 spiro atoms. The highest BCUT2D eigenvalue weighted by Gasteiger charge is 2.30. The molecule has 1 aromatic carbocycles. The van der Waals surface area contributed by atoms with E-state index in [1.165, 1.54) is 56.3 Å². The van der Waals surface area contributed by atoms with E-state index in [0.717, 1.165) is 18.4 Å². The molecule has 0 aromatic heterocycles. The summed E-state index contributed by atoms with van der Waals surface area (Å²) in [5.41, 5.74) is 0.722. The van der Waals surface area contributed by atoms with Gasteiger partial charge in [-0.3, -0.25) is 9.59 Å². The van der Waals surface area contributed by atoms with Crippen molar-refractivity contribution in [3.8, 4) is 0 Å². The number of nitrogens with zero attached hydrogens (tertiary/aromatic N) is 2. The van der Waals surface area contributed by atoms with Gasteiger partial charge in [-0.05, 0) is 63.6 Å². The van der Waals surface area contributed by atoms with Crippen molar-refractivity contribution in [1.29, 1.82) is 0 Å². The lowest BCUT2D eigenvalue weighted by molar-refractivity contribution is -0.156. The van der Waals surface area contributed by atoms with Crippen molar-refractivity contribution < 1.29 is 29.0 Å². The molecule has 1 aliphatic heterocycles. The Morgan fingerprint density at radius 2 is 1.45 bits per heavy atom. The second-order valence-electron chi connectivity index (χ2n) is 12.5. The maximum Gasteiger partial charge on any atom is 0.410 e. The molecule has 0 unspecified atom stereocenters. The molecule has 1 aliphatic rings. The normalized spacial score (nSPS) is 14.0. The van der Waals surface area contributed by atoms with Gasteiger partial charge in [-0.2, -0.15) is 0 Å². The van der Waals surface area contributed by atoms with Crippen molar-refractivity contribution >= 4 is 23.9 Å². The summed E-state index contributed by atoms with van der Waals surface area (Å²) in [5, 5.41) is 12.4. The first-order valence-electron chi connectivity index (χ1n) is 15.9. The first-order valence-corrected chi connectivity index (χ1v) is 15.9. The van der Waals surface area contributed by atoms with E-state index in [0.29, 0.717) is 38.0 Å². The molecule has 1 aromatic rings. The van der Waals surface area contributed by atoms with Gasteiger partial charge in [-0.25, -0.2) is 9.59 Å². The molecular weight excluding hydrogens is 534 g/mol. The quantitative estimate of drug-likeness (QED) is 0.171. The van der Waals surface area contributed by atoms with Crippen LogP contribution >= 0.6 is 0 Å². The Morgan fingerprint density at radius 1 is 0.905 bits per heavy atom. The minimum atomic E-state index is -1.50. The second-order valence-corrected chi connectivity index (χ2v) is 12.5. The standard InChI is InChI=1S/C33H53N3O6/c1-5-6-7-8-9-10-11-12-13-14-21-34-29(37)28-17-15-26(16-18-28)24-36(30(38)31(39)40)25-27-19-22-35(23-20-27)32(41)42-33(2,3)4/h15-18,27H,5-14,19-25H2,1-4H3,(H,34,37)(H,39,40). The van der Waals surface area contributed by atoms with E-state index < -0.39 is 17.5 Å². The number of amides is 3. The third-order valence-electron chi connectivity index (χ3n) is 7.62. The topological polar surface area (TPSA) is 116 Å². The lowest BCUT2D eigenvalue weighted by Crippen LogP contribution is -2.45. The van der Waals surface area contributed by atoms with E-state index in [2.05, 4.69) is 12.2 Å². The van der Waals surface area contributed by atoms with Crippen LogP contribution < -0.4 is 5.32 Å². The lowest BCUT2D eigenvalue weighted by Gasteiger charge is -2.35. The molecule has 0 radical (unpaired) electrons. The molecule has 2 N–H and O–H groups in total. The highest BCUT2D eigenvalue weighted by molar-refractivity contribution is 6.31. The molecule has 1 heterocycles. The Morgan fingerprint density at radius 3 is 1.98 bits per heavy atom. The number of ether oxygens (including phenoxy) is 1. The van der Waals surface area contributed by atoms with Gasteiger partial charge >= 0.3 is 18.0 Å². The molecule has 0 saturated carbocycles. The maximum atomic E-state index is 12.6. The Labute approximate surface area is 252 Å². The number of carboxylic acid groups (broad SMARTS) is 1. The fourth-order valence-electron chi connectivity index (χ4n) is 5.19. The maximum absolute atomic E-state index is 12.6. The highest BCUT2D eigenvalue weighted by Crippen LogP contribution is 2.22. The third-order valence-corrected chi connectivity index (χ3v) is 7.62. The van der Waals surface area contributed by atoms with Gasteiger partial charge in [0.2, 0.25) is 0 Å². The number of hydrogen-bond donors (Lipinski definition) is 2. The van der Waals surface area contributed by atoms with Gasteiger partial charge in [-0.1, -0.05) is 76.8 Å². The number of rotatable bonds is 16. The van der Waals surface area contributed by atoms with Gasteiger partial charge in [0.1, 0.15) is 5.60 Å². The zero-order valence-corrected chi connectivity index (χ0v) is 26.3. The van der Waals surface area contributed by atoms with Crippen LogP contribution in [0.3, 0.4) is 0 Å². The fraction of sp³-hybridized carbons (Fsp3) is 0.697. The average molecular weight is 588 g/mol. The van der Waals surface area contributed by atoms with Crippen LogP contribution in [0.1, 0.15) is 121 Å². The average Bonchev–Trinajstić information content (AvgIpc) is 2.94. The number of aliphatic carboxylic acids is 1.